The first-order valence-electron chi connectivity index (χ1n) is 14.5. The zero-order chi connectivity index (χ0) is 29.0. The highest BCUT2D eigenvalue weighted by atomic mass is 32.1. The summed E-state index contributed by atoms with van der Waals surface area (Å²) in [4.78, 5) is 14.7. The van der Waals surface area contributed by atoms with E-state index >= 15 is 0 Å². The van der Waals surface area contributed by atoms with Gasteiger partial charge >= 0.3 is 0 Å². The van der Waals surface area contributed by atoms with Crippen LogP contribution in [0.4, 0.5) is 0 Å². The summed E-state index contributed by atoms with van der Waals surface area (Å²) in [5.74, 6) is 1.88. The van der Waals surface area contributed by atoms with E-state index in [1.807, 2.05) is 78.1 Å². The van der Waals surface area contributed by atoms with Crippen molar-refractivity contribution >= 4 is 53.4 Å². The van der Waals surface area contributed by atoms with E-state index in [0.29, 0.717) is 17.5 Å². The van der Waals surface area contributed by atoms with Crippen molar-refractivity contribution in [2.24, 2.45) is 0 Å². The molecule has 0 bridgehead atoms. The third-order valence-corrected chi connectivity index (χ3v) is 9.28. The van der Waals surface area contributed by atoms with E-state index in [9.17, 15) is 0 Å². The average Bonchev–Trinajstić information content (AvgIpc) is 3.66. The Bertz CT molecular complexity index is 2440. The summed E-state index contributed by atoms with van der Waals surface area (Å²) in [5.41, 5.74) is 6.67. The van der Waals surface area contributed by atoms with Gasteiger partial charge in [-0.05, 0) is 29.8 Å². The van der Waals surface area contributed by atoms with E-state index in [4.69, 9.17) is 19.4 Å². The molecule has 5 heteroatoms. The number of hydrogen-bond donors (Lipinski definition) is 0. The number of nitrogens with zero attached hydrogens (tertiary/aromatic N) is 3. The van der Waals surface area contributed by atoms with Crippen LogP contribution >= 0.6 is 11.3 Å². The zero-order valence-corrected chi connectivity index (χ0v) is 24.3. The quantitative estimate of drug-likeness (QED) is 0.207. The molecule has 0 atom stereocenters. The highest BCUT2D eigenvalue weighted by Gasteiger charge is 2.17. The Balaban J connectivity index is 1.19. The lowest BCUT2D eigenvalue weighted by atomic mass is 10.0. The molecule has 0 fully saturated rings. The molecule has 9 rings (SSSR count). The maximum Gasteiger partial charge on any atom is 0.164 e. The van der Waals surface area contributed by atoms with Gasteiger partial charge in [0.25, 0.3) is 0 Å². The van der Waals surface area contributed by atoms with E-state index in [2.05, 4.69) is 72.8 Å². The van der Waals surface area contributed by atoms with Crippen LogP contribution in [0.2, 0.25) is 0 Å². The van der Waals surface area contributed by atoms with E-state index in [1.54, 1.807) is 0 Å². The number of rotatable bonds is 4. The van der Waals surface area contributed by atoms with Gasteiger partial charge in [0.15, 0.2) is 17.5 Å². The Morgan fingerprint density at radius 3 is 1.75 bits per heavy atom. The van der Waals surface area contributed by atoms with Crippen LogP contribution in [0.25, 0.3) is 87.4 Å². The summed E-state index contributed by atoms with van der Waals surface area (Å²) < 4.78 is 9.21. The van der Waals surface area contributed by atoms with Crippen molar-refractivity contribution in [3.05, 3.63) is 140 Å². The molecule has 0 unspecified atom stereocenters. The predicted molar refractivity (Wildman–Crippen MR) is 182 cm³/mol. The lowest BCUT2D eigenvalue weighted by Crippen LogP contribution is -2.00. The van der Waals surface area contributed by atoms with Crippen LogP contribution < -0.4 is 0 Å². The highest BCUT2D eigenvalue weighted by molar-refractivity contribution is 7.25. The molecule has 0 spiro atoms. The molecule has 3 aromatic heterocycles. The van der Waals surface area contributed by atoms with Crippen molar-refractivity contribution in [2.75, 3.05) is 0 Å². The molecular formula is C39H23N3OS. The molecule has 6 aromatic carbocycles. The van der Waals surface area contributed by atoms with E-state index in [1.165, 1.54) is 20.2 Å². The fourth-order valence-electron chi connectivity index (χ4n) is 6.00. The van der Waals surface area contributed by atoms with Crippen molar-refractivity contribution in [1.29, 1.82) is 0 Å². The first-order valence-corrected chi connectivity index (χ1v) is 15.3. The van der Waals surface area contributed by atoms with Gasteiger partial charge < -0.3 is 4.42 Å². The number of aromatic nitrogens is 3. The van der Waals surface area contributed by atoms with Crippen LogP contribution in [-0.4, -0.2) is 15.0 Å². The maximum atomic E-state index is 6.63. The number of furan rings is 1. The standard InChI is InChI=1S/C39H23N3OS/c1-3-10-24(11-4-1)37-40-38(25-12-5-2-6-13-25)42-39(41-37)27-19-20-29-32-16-9-15-28(36(32)43-33(29)22-27)26-18-21-31-30-14-7-8-17-34(30)44-35(31)23-26/h1-23H. The van der Waals surface area contributed by atoms with Gasteiger partial charge in [0.05, 0.1) is 0 Å². The molecule has 0 aliphatic rings. The van der Waals surface area contributed by atoms with Gasteiger partial charge in [-0.3, -0.25) is 0 Å². The molecule has 0 N–H and O–H groups in total. The molecule has 0 saturated carbocycles. The Morgan fingerprint density at radius 1 is 0.409 bits per heavy atom. The van der Waals surface area contributed by atoms with Gasteiger partial charge in [-0.2, -0.15) is 0 Å². The molecule has 9 aromatic rings. The summed E-state index contributed by atoms with van der Waals surface area (Å²) in [6, 6.07) is 48.0. The van der Waals surface area contributed by atoms with Gasteiger partial charge in [-0.1, -0.05) is 115 Å². The lowest BCUT2D eigenvalue weighted by Gasteiger charge is -2.08. The second kappa shape index (κ2) is 9.97. The topological polar surface area (TPSA) is 51.8 Å². The monoisotopic (exact) mass is 581 g/mol. The molecule has 3 heterocycles. The minimum absolute atomic E-state index is 0.607. The number of thiophene rings is 1. The Hall–Kier alpha value is -5.65. The fourth-order valence-corrected chi connectivity index (χ4v) is 7.14. The molecule has 0 saturated heterocycles. The van der Waals surface area contributed by atoms with Crippen LogP contribution in [0.5, 0.6) is 0 Å². The minimum Gasteiger partial charge on any atom is -0.455 e. The van der Waals surface area contributed by atoms with Crippen LogP contribution in [0.3, 0.4) is 0 Å². The van der Waals surface area contributed by atoms with Gasteiger partial charge in [-0.25, -0.2) is 15.0 Å². The van der Waals surface area contributed by atoms with Crippen molar-refractivity contribution in [3.63, 3.8) is 0 Å². The normalized spacial score (nSPS) is 11.6. The summed E-state index contributed by atoms with van der Waals surface area (Å²) in [7, 11) is 0. The first kappa shape index (κ1) is 24.9. The molecule has 0 aliphatic carbocycles. The van der Waals surface area contributed by atoms with Gasteiger partial charge in [0.1, 0.15) is 11.2 Å². The summed E-state index contributed by atoms with van der Waals surface area (Å²) in [5, 5.41) is 4.75. The number of benzene rings is 6. The highest BCUT2D eigenvalue weighted by Crippen LogP contribution is 2.40. The Kier molecular flexibility index (Phi) is 5.64. The second-order valence-corrected chi connectivity index (χ2v) is 11.9. The molecule has 206 valence electrons. The van der Waals surface area contributed by atoms with Crippen molar-refractivity contribution in [3.8, 4) is 45.3 Å². The van der Waals surface area contributed by atoms with Crippen LogP contribution in [0, 0.1) is 0 Å². The van der Waals surface area contributed by atoms with Crippen molar-refractivity contribution in [2.45, 2.75) is 0 Å². The number of hydrogen-bond acceptors (Lipinski definition) is 5. The smallest absolute Gasteiger partial charge is 0.164 e. The third-order valence-electron chi connectivity index (χ3n) is 8.15. The van der Waals surface area contributed by atoms with Crippen LogP contribution in [0.15, 0.2) is 144 Å². The SMILES string of the molecule is c1ccc(-c2nc(-c3ccccc3)nc(-c3ccc4c(c3)oc3c(-c5ccc6c(c5)sc5ccccc56)cccc34)n2)cc1. The molecule has 4 nitrogen and oxygen atoms in total. The summed E-state index contributed by atoms with van der Waals surface area (Å²) >= 11 is 1.83. The maximum absolute atomic E-state index is 6.63. The van der Waals surface area contributed by atoms with E-state index in [-0.39, 0.29) is 0 Å². The van der Waals surface area contributed by atoms with Gasteiger partial charge in [-0.15, -0.1) is 11.3 Å². The van der Waals surface area contributed by atoms with Crippen molar-refractivity contribution in [1.82, 2.24) is 15.0 Å². The average molecular weight is 582 g/mol. The van der Waals surface area contributed by atoms with Crippen molar-refractivity contribution < 1.29 is 4.42 Å². The molecule has 0 amide bonds. The largest absolute Gasteiger partial charge is 0.455 e. The number of para-hydroxylation sites is 1. The van der Waals surface area contributed by atoms with Gasteiger partial charge in [0, 0.05) is 53.2 Å². The predicted octanol–water partition coefficient (Wildman–Crippen LogP) is 10.8. The molecular weight excluding hydrogens is 559 g/mol. The second-order valence-electron chi connectivity index (χ2n) is 10.8. The third kappa shape index (κ3) is 4.09. The molecule has 0 aliphatic heterocycles. The van der Waals surface area contributed by atoms with Gasteiger partial charge in [0.2, 0.25) is 0 Å². The summed E-state index contributed by atoms with van der Waals surface area (Å²) in [6.07, 6.45) is 0. The van der Waals surface area contributed by atoms with Crippen LogP contribution in [0.1, 0.15) is 0 Å². The first-order chi connectivity index (χ1) is 21.8. The fraction of sp³-hybridized carbons (Fsp3) is 0. The molecule has 0 radical (unpaired) electrons. The lowest BCUT2D eigenvalue weighted by molar-refractivity contribution is 0.670. The summed E-state index contributed by atoms with van der Waals surface area (Å²) in [6.45, 7) is 0. The molecule has 44 heavy (non-hydrogen) atoms. The Labute approximate surface area is 256 Å². The number of fused-ring (bicyclic) bond motifs is 6. The Morgan fingerprint density at radius 2 is 1.00 bits per heavy atom. The van der Waals surface area contributed by atoms with Crippen LogP contribution in [-0.2, 0) is 0 Å². The minimum atomic E-state index is 0.607. The van der Waals surface area contributed by atoms with E-state index < -0.39 is 0 Å². The van der Waals surface area contributed by atoms with E-state index in [0.717, 1.165) is 49.8 Å². The zero-order valence-electron chi connectivity index (χ0n) is 23.4.